The zero-order valence-electron chi connectivity index (χ0n) is 9.83. The highest BCUT2D eigenvalue weighted by Gasteiger charge is 2.31. The van der Waals surface area contributed by atoms with Gasteiger partial charge in [0.1, 0.15) is 5.75 Å². The van der Waals surface area contributed by atoms with Gasteiger partial charge in [0.15, 0.2) is 5.60 Å². The number of methoxy groups -OCH3 is 1. The van der Waals surface area contributed by atoms with Crippen LogP contribution in [0.4, 0.5) is 0 Å². The Morgan fingerprint density at radius 1 is 1.38 bits per heavy atom. The van der Waals surface area contributed by atoms with Crippen LogP contribution in [0.2, 0.25) is 5.02 Å². The Morgan fingerprint density at radius 2 is 2.00 bits per heavy atom. The number of rotatable bonds is 3. The number of esters is 1. The molecule has 1 aromatic carbocycles. The second-order valence-electron chi connectivity index (χ2n) is 4.01. The molecule has 4 heteroatoms. The number of ether oxygens (including phenoxy) is 2. The van der Waals surface area contributed by atoms with Crippen LogP contribution in [0.25, 0.3) is 0 Å². The van der Waals surface area contributed by atoms with Crippen LogP contribution in [-0.4, -0.2) is 18.7 Å². The molecule has 0 aliphatic rings. The lowest BCUT2D eigenvalue weighted by molar-refractivity contribution is -0.156. The Kier molecular flexibility index (Phi) is 3.81. The molecule has 1 rings (SSSR count). The summed E-state index contributed by atoms with van der Waals surface area (Å²) in [5, 5.41) is 0.670. The van der Waals surface area contributed by atoms with Gasteiger partial charge in [-0.1, -0.05) is 11.6 Å². The van der Waals surface area contributed by atoms with Gasteiger partial charge in [-0.15, -0.1) is 0 Å². The van der Waals surface area contributed by atoms with Crippen molar-refractivity contribution in [3.8, 4) is 5.75 Å². The molecule has 3 nitrogen and oxygen atoms in total. The molecule has 0 aromatic heterocycles. The van der Waals surface area contributed by atoms with Crippen LogP contribution >= 0.6 is 11.6 Å². The standard InChI is InChI=1S/C12H15ClO3/c1-8-7-9(5-6-10(8)13)16-12(2,3)11(14)15-4/h5-7H,1-4H3. The highest BCUT2D eigenvalue weighted by Crippen LogP contribution is 2.24. The molecule has 0 bridgehead atoms. The van der Waals surface area contributed by atoms with Crippen molar-refractivity contribution in [1.29, 1.82) is 0 Å². The number of hydrogen-bond donors (Lipinski definition) is 0. The fraction of sp³-hybridized carbons (Fsp3) is 0.417. The van der Waals surface area contributed by atoms with Crippen LogP contribution in [0.5, 0.6) is 5.75 Å². The maximum atomic E-state index is 11.4. The van der Waals surface area contributed by atoms with E-state index in [1.165, 1.54) is 7.11 Å². The largest absolute Gasteiger partial charge is 0.476 e. The Balaban J connectivity index is 2.88. The van der Waals surface area contributed by atoms with Crippen molar-refractivity contribution in [1.82, 2.24) is 0 Å². The minimum Gasteiger partial charge on any atom is -0.476 e. The van der Waals surface area contributed by atoms with E-state index in [2.05, 4.69) is 4.74 Å². The molecule has 16 heavy (non-hydrogen) atoms. The molecule has 0 amide bonds. The van der Waals surface area contributed by atoms with Gasteiger partial charge in [-0.2, -0.15) is 0 Å². The monoisotopic (exact) mass is 242 g/mol. The summed E-state index contributed by atoms with van der Waals surface area (Å²) in [6.07, 6.45) is 0. The quantitative estimate of drug-likeness (QED) is 0.765. The summed E-state index contributed by atoms with van der Waals surface area (Å²) in [6.45, 7) is 5.19. The van der Waals surface area contributed by atoms with E-state index >= 15 is 0 Å². The van der Waals surface area contributed by atoms with Crippen molar-refractivity contribution in [2.45, 2.75) is 26.4 Å². The Morgan fingerprint density at radius 3 is 2.50 bits per heavy atom. The third-order valence-corrected chi connectivity index (χ3v) is 2.60. The average molecular weight is 243 g/mol. The summed E-state index contributed by atoms with van der Waals surface area (Å²) in [5.41, 5.74) is -0.102. The molecule has 1 aromatic rings. The normalized spacial score (nSPS) is 11.1. The Bertz CT molecular complexity index is 399. The first-order valence-corrected chi connectivity index (χ1v) is 5.28. The molecule has 0 spiro atoms. The molecular weight excluding hydrogens is 228 g/mol. The number of carbonyl (C=O) groups excluding carboxylic acids is 1. The molecule has 0 saturated carbocycles. The van der Waals surface area contributed by atoms with Gasteiger partial charge < -0.3 is 9.47 Å². The highest BCUT2D eigenvalue weighted by atomic mass is 35.5. The van der Waals surface area contributed by atoms with Gasteiger partial charge in [0.05, 0.1) is 7.11 Å². The maximum absolute atomic E-state index is 11.4. The minimum absolute atomic E-state index is 0.417. The van der Waals surface area contributed by atoms with Crippen LogP contribution < -0.4 is 4.74 Å². The second-order valence-corrected chi connectivity index (χ2v) is 4.42. The molecule has 0 N–H and O–H groups in total. The van der Waals surface area contributed by atoms with E-state index in [1.807, 2.05) is 6.92 Å². The number of benzene rings is 1. The van der Waals surface area contributed by atoms with E-state index in [9.17, 15) is 4.79 Å². The first kappa shape index (κ1) is 12.8. The maximum Gasteiger partial charge on any atom is 0.349 e. The third kappa shape index (κ3) is 2.89. The van der Waals surface area contributed by atoms with E-state index in [0.717, 1.165) is 5.56 Å². The predicted octanol–water partition coefficient (Wildman–Crippen LogP) is 2.98. The lowest BCUT2D eigenvalue weighted by atomic mass is 10.1. The summed E-state index contributed by atoms with van der Waals surface area (Å²) in [6, 6.07) is 5.24. The first-order chi connectivity index (χ1) is 7.36. The Hall–Kier alpha value is -1.22. The summed E-state index contributed by atoms with van der Waals surface area (Å²) in [7, 11) is 1.33. The highest BCUT2D eigenvalue weighted by molar-refractivity contribution is 6.31. The topological polar surface area (TPSA) is 35.5 Å². The summed E-state index contributed by atoms with van der Waals surface area (Å²) < 4.78 is 10.2. The number of halogens is 1. The fourth-order valence-corrected chi connectivity index (χ4v) is 1.38. The SMILES string of the molecule is COC(=O)C(C)(C)Oc1ccc(Cl)c(C)c1. The fourth-order valence-electron chi connectivity index (χ4n) is 1.26. The van der Waals surface area contributed by atoms with Crippen molar-refractivity contribution in [2.24, 2.45) is 0 Å². The molecule has 0 saturated heterocycles. The summed E-state index contributed by atoms with van der Waals surface area (Å²) in [5.74, 6) is 0.178. The third-order valence-electron chi connectivity index (χ3n) is 2.18. The minimum atomic E-state index is -1.00. The van der Waals surface area contributed by atoms with E-state index in [1.54, 1.807) is 32.0 Å². The van der Waals surface area contributed by atoms with Crippen LogP contribution in [-0.2, 0) is 9.53 Å². The van der Waals surface area contributed by atoms with Gasteiger partial charge in [-0.3, -0.25) is 0 Å². The lowest BCUT2D eigenvalue weighted by Crippen LogP contribution is -2.39. The predicted molar refractivity (Wildman–Crippen MR) is 62.9 cm³/mol. The van der Waals surface area contributed by atoms with Gasteiger partial charge in [-0.25, -0.2) is 4.79 Å². The molecule has 88 valence electrons. The van der Waals surface area contributed by atoms with Crippen LogP contribution in [0.3, 0.4) is 0 Å². The van der Waals surface area contributed by atoms with E-state index in [4.69, 9.17) is 16.3 Å². The van der Waals surface area contributed by atoms with E-state index in [0.29, 0.717) is 10.8 Å². The molecule has 0 fully saturated rings. The number of hydrogen-bond acceptors (Lipinski definition) is 3. The van der Waals surface area contributed by atoms with Crippen molar-refractivity contribution in [3.63, 3.8) is 0 Å². The van der Waals surface area contributed by atoms with Gasteiger partial charge in [0.2, 0.25) is 0 Å². The van der Waals surface area contributed by atoms with Crippen molar-refractivity contribution in [3.05, 3.63) is 28.8 Å². The molecular formula is C12H15ClO3. The van der Waals surface area contributed by atoms with Crippen LogP contribution in [0.1, 0.15) is 19.4 Å². The zero-order chi connectivity index (χ0) is 12.3. The van der Waals surface area contributed by atoms with Crippen LogP contribution in [0.15, 0.2) is 18.2 Å². The Labute approximate surface area is 100 Å². The van der Waals surface area contributed by atoms with Crippen LogP contribution in [0, 0.1) is 6.92 Å². The molecule has 0 aliphatic heterocycles. The molecule has 0 heterocycles. The summed E-state index contributed by atoms with van der Waals surface area (Å²) >= 11 is 5.89. The lowest BCUT2D eigenvalue weighted by Gasteiger charge is -2.23. The smallest absolute Gasteiger partial charge is 0.349 e. The van der Waals surface area contributed by atoms with E-state index in [-0.39, 0.29) is 0 Å². The van der Waals surface area contributed by atoms with Crippen molar-refractivity contribution < 1.29 is 14.3 Å². The van der Waals surface area contributed by atoms with Crippen molar-refractivity contribution >= 4 is 17.6 Å². The van der Waals surface area contributed by atoms with Crippen molar-refractivity contribution in [2.75, 3.05) is 7.11 Å². The van der Waals surface area contributed by atoms with Gasteiger partial charge >= 0.3 is 5.97 Å². The molecule has 0 radical (unpaired) electrons. The average Bonchev–Trinajstić information content (AvgIpc) is 2.22. The van der Waals surface area contributed by atoms with Gasteiger partial charge in [0.25, 0.3) is 0 Å². The molecule has 0 atom stereocenters. The summed E-state index contributed by atoms with van der Waals surface area (Å²) in [4.78, 5) is 11.4. The number of aryl methyl sites for hydroxylation is 1. The van der Waals surface area contributed by atoms with Gasteiger partial charge in [-0.05, 0) is 44.5 Å². The van der Waals surface area contributed by atoms with E-state index < -0.39 is 11.6 Å². The zero-order valence-corrected chi connectivity index (χ0v) is 10.6. The molecule has 0 unspecified atom stereocenters. The molecule has 0 aliphatic carbocycles. The second kappa shape index (κ2) is 4.74. The number of carbonyl (C=O) groups is 1. The first-order valence-electron chi connectivity index (χ1n) is 4.90. The van der Waals surface area contributed by atoms with Gasteiger partial charge in [0, 0.05) is 5.02 Å².